The molecule has 9 heterocycles. The third kappa shape index (κ3) is 7.25. The van der Waals surface area contributed by atoms with Crippen molar-refractivity contribution < 1.29 is 4.79 Å². The standard InChI is InChI=1S/C39H38N10O/c40-16-17-41-39(50)26-18-32-25-49-23-29-8-3-13-35(44-29)33-11-1-6-27(42-33)20-48(22-31-10-5-15-37(46-31)38(19-26)47-32)21-28-7-2-12-34(43-28)36-14-4-9-30(24-49)45-36/h1,3-11,13-15,18-19H,2,12,16-17,20-25,40H2,(H,41,50). The Morgan fingerprint density at radius 1 is 0.620 bits per heavy atom. The molecule has 4 aliphatic rings. The van der Waals surface area contributed by atoms with E-state index in [2.05, 4.69) is 51.5 Å². The van der Waals surface area contributed by atoms with E-state index in [0.29, 0.717) is 69.3 Å². The average Bonchev–Trinajstić information content (AvgIpc) is 3.13. The van der Waals surface area contributed by atoms with Crippen molar-refractivity contribution in [3.05, 3.63) is 136 Å². The summed E-state index contributed by atoms with van der Waals surface area (Å²) in [6, 6.07) is 28.1. The number of nitrogens with zero attached hydrogens (tertiary/aromatic N) is 8. The molecule has 5 aromatic heterocycles. The quantitative estimate of drug-likeness (QED) is 0.282. The van der Waals surface area contributed by atoms with E-state index in [1.807, 2.05) is 54.6 Å². The van der Waals surface area contributed by atoms with Crippen LogP contribution in [0.5, 0.6) is 0 Å². The highest BCUT2D eigenvalue weighted by molar-refractivity contribution is 6.00. The molecule has 0 aliphatic carbocycles. The van der Waals surface area contributed by atoms with E-state index in [9.17, 15) is 4.79 Å². The molecule has 2 unspecified atom stereocenters. The summed E-state index contributed by atoms with van der Waals surface area (Å²) in [7, 11) is 0. The smallest absolute Gasteiger partial charge is 0.251 e. The van der Waals surface area contributed by atoms with Gasteiger partial charge in [-0.3, -0.25) is 24.6 Å². The van der Waals surface area contributed by atoms with Gasteiger partial charge >= 0.3 is 0 Å². The second-order valence-electron chi connectivity index (χ2n) is 12.9. The zero-order valence-corrected chi connectivity index (χ0v) is 27.8. The van der Waals surface area contributed by atoms with E-state index < -0.39 is 0 Å². The van der Waals surface area contributed by atoms with Gasteiger partial charge < -0.3 is 11.1 Å². The zero-order valence-electron chi connectivity index (χ0n) is 27.8. The molecular weight excluding hydrogens is 624 g/mol. The van der Waals surface area contributed by atoms with Gasteiger partial charge in [0.15, 0.2) is 0 Å². The molecule has 0 spiro atoms. The van der Waals surface area contributed by atoms with E-state index in [1.165, 1.54) is 0 Å². The Kier molecular flexibility index (Phi) is 9.00. The van der Waals surface area contributed by atoms with Crippen molar-refractivity contribution in [2.24, 2.45) is 10.7 Å². The number of hydrogen-bond acceptors (Lipinski definition) is 10. The van der Waals surface area contributed by atoms with Crippen molar-refractivity contribution in [1.29, 1.82) is 0 Å². The van der Waals surface area contributed by atoms with Crippen molar-refractivity contribution in [3.63, 3.8) is 0 Å². The Balaban J connectivity index is 1.33. The fourth-order valence-corrected chi connectivity index (χ4v) is 6.72. The van der Waals surface area contributed by atoms with E-state index in [-0.39, 0.29) is 5.91 Å². The molecule has 3 N–H and O–H groups in total. The number of allylic oxidation sites excluding steroid dienone is 1. The van der Waals surface area contributed by atoms with E-state index >= 15 is 0 Å². The van der Waals surface area contributed by atoms with Crippen LogP contribution in [0.1, 0.15) is 57.4 Å². The number of aliphatic imine (C=N–C) groups is 1. The summed E-state index contributed by atoms with van der Waals surface area (Å²) in [4.78, 5) is 48.6. The first-order chi connectivity index (χ1) is 24.5. The topological polar surface area (TPSA) is 138 Å². The molecule has 0 radical (unpaired) electrons. The SMILES string of the molecule is NCCNC(=O)c1cc2nc(c1)-c1cccc(n1)CN1CC3=CCCC(=N3)c3cccc(n3)CN(Cc3cccc(n3)-c3cccc(n3)C1)C2. The number of hydrogen-bond donors (Lipinski definition) is 2. The summed E-state index contributed by atoms with van der Waals surface area (Å²) >= 11 is 0. The number of carbonyl (C=O) groups is 1. The van der Waals surface area contributed by atoms with E-state index in [0.717, 1.165) is 69.8 Å². The largest absolute Gasteiger partial charge is 0.351 e. The minimum Gasteiger partial charge on any atom is -0.351 e. The number of carbonyl (C=O) groups excluding carboxylic acids is 1. The predicted molar refractivity (Wildman–Crippen MR) is 191 cm³/mol. The number of pyridine rings is 5. The predicted octanol–water partition coefficient (Wildman–Crippen LogP) is 4.68. The molecule has 11 heteroatoms. The Bertz CT molecular complexity index is 2130. The number of nitrogens with two attached hydrogens (primary N) is 1. The van der Waals surface area contributed by atoms with Gasteiger partial charge in [-0.05, 0) is 73.5 Å². The first kappa shape index (κ1) is 31.8. The summed E-state index contributed by atoms with van der Waals surface area (Å²) in [5.74, 6) is -0.198. The second kappa shape index (κ2) is 14.2. The molecule has 5 aromatic rings. The lowest BCUT2D eigenvalue weighted by molar-refractivity contribution is 0.0954. The van der Waals surface area contributed by atoms with Crippen LogP contribution in [0.15, 0.2) is 102 Å². The summed E-state index contributed by atoms with van der Waals surface area (Å²) in [6.07, 6.45) is 3.97. The number of aromatic nitrogens is 5. The summed E-state index contributed by atoms with van der Waals surface area (Å²) in [5, 5.41) is 2.93. The third-order valence-electron chi connectivity index (χ3n) is 8.97. The molecule has 11 nitrogen and oxygen atoms in total. The summed E-state index contributed by atoms with van der Waals surface area (Å²) < 4.78 is 0. The van der Waals surface area contributed by atoms with Crippen LogP contribution in [0.2, 0.25) is 0 Å². The normalized spacial score (nSPS) is 18.3. The fourth-order valence-electron chi connectivity index (χ4n) is 6.72. The van der Waals surface area contributed by atoms with Crippen LogP contribution in [0.3, 0.4) is 0 Å². The zero-order chi connectivity index (χ0) is 33.9. The van der Waals surface area contributed by atoms with Crippen LogP contribution in [0.4, 0.5) is 0 Å². The second-order valence-corrected chi connectivity index (χ2v) is 12.9. The highest BCUT2D eigenvalue weighted by atomic mass is 16.1. The number of nitrogens with one attached hydrogen (secondary N) is 1. The minimum atomic E-state index is -0.198. The van der Waals surface area contributed by atoms with Crippen LogP contribution in [0.25, 0.3) is 22.8 Å². The van der Waals surface area contributed by atoms with E-state index in [4.69, 9.17) is 35.6 Å². The lowest BCUT2D eigenvalue weighted by atomic mass is 10.1. The molecule has 0 aromatic carbocycles. The highest BCUT2D eigenvalue weighted by Gasteiger charge is 2.21. The summed E-state index contributed by atoms with van der Waals surface area (Å²) in [5.41, 5.74) is 16.5. The van der Waals surface area contributed by atoms with Gasteiger partial charge in [0.25, 0.3) is 5.91 Å². The fraction of sp³-hybridized carbons (Fsp3) is 0.256. The number of rotatable bonds is 3. The molecule has 250 valence electrons. The summed E-state index contributed by atoms with van der Waals surface area (Å²) in [6.45, 7) is 3.98. The van der Waals surface area contributed by atoms with Crippen LogP contribution >= 0.6 is 0 Å². The van der Waals surface area contributed by atoms with Gasteiger partial charge in [0, 0.05) is 57.9 Å². The molecule has 0 fully saturated rings. The molecular formula is C39H38N10O. The molecule has 50 heavy (non-hydrogen) atoms. The third-order valence-corrected chi connectivity index (χ3v) is 8.97. The first-order valence-electron chi connectivity index (χ1n) is 17.1. The number of amides is 1. The lowest BCUT2D eigenvalue weighted by Crippen LogP contribution is -2.29. The van der Waals surface area contributed by atoms with Gasteiger partial charge in [-0.2, -0.15) is 0 Å². The average molecular weight is 663 g/mol. The molecule has 14 bridgehead atoms. The van der Waals surface area contributed by atoms with Gasteiger partial charge in [0.2, 0.25) is 0 Å². The highest BCUT2D eigenvalue weighted by Crippen LogP contribution is 2.25. The molecule has 0 saturated carbocycles. The Morgan fingerprint density at radius 3 is 1.72 bits per heavy atom. The maximum atomic E-state index is 13.3. The first-order valence-corrected chi connectivity index (χ1v) is 17.1. The van der Waals surface area contributed by atoms with Gasteiger partial charge in [-0.15, -0.1) is 0 Å². The maximum Gasteiger partial charge on any atom is 0.251 e. The van der Waals surface area contributed by atoms with Crippen LogP contribution in [0, 0.1) is 0 Å². The molecule has 9 rings (SSSR count). The van der Waals surface area contributed by atoms with Gasteiger partial charge in [-0.25, -0.2) is 19.9 Å². The van der Waals surface area contributed by atoms with Crippen molar-refractivity contribution in [1.82, 2.24) is 40.0 Å². The Hall–Kier alpha value is -5.49. The lowest BCUT2D eigenvalue weighted by Gasteiger charge is -2.25. The van der Waals surface area contributed by atoms with Gasteiger partial charge in [0.05, 0.1) is 68.3 Å². The van der Waals surface area contributed by atoms with Crippen molar-refractivity contribution in [2.45, 2.75) is 45.6 Å². The minimum absolute atomic E-state index is 0.198. The molecule has 2 atom stereocenters. The van der Waals surface area contributed by atoms with Gasteiger partial charge in [0.1, 0.15) is 0 Å². The van der Waals surface area contributed by atoms with Crippen LogP contribution < -0.4 is 11.1 Å². The Morgan fingerprint density at radius 2 is 1.12 bits per heavy atom. The van der Waals surface area contributed by atoms with Crippen molar-refractivity contribution in [3.8, 4) is 22.8 Å². The van der Waals surface area contributed by atoms with Gasteiger partial charge in [-0.1, -0.05) is 30.3 Å². The van der Waals surface area contributed by atoms with Crippen LogP contribution in [-0.2, 0) is 32.7 Å². The van der Waals surface area contributed by atoms with Crippen molar-refractivity contribution >= 4 is 11.6 Å². The molecule has 1 amide bonds. The maximum absolute atomic E-state index is 13.3. The molecule has 0 saturated heterocycles. The van der Waals surface area contributed by atoms with Crippen molar-refractivity contribution in [2.75, 3.05) is 19.6 Å². The monoisotopic (exact) mass is 662 g/mol. The van der Waals surface area contributed by atoms with Crippen LogP contribution in [-0.4, -0.2) is 66.0 Å². The Labute approximate surface area is 291 Å². The van der Waals surface area contributed by atoms with E-state index in [1.54, 1.807) is 0 Å². The molecule has 4 aliphatic heterocycles.